The molecule has 0 heterocycles. The standard InChI is InChI=1S/C14H23NO2/c1-14(2,3)10-15-9-13(16)11-6-5-7-12(8-11)17-4/h5-8,13,15-16H,9-10H2,1-4H3. The number of rotatable bonds is 5. The Bertz CT molecular complexity index is 344. The topological polar surface area (TPSA) is 41.5 Å². The normalized spacial score (nSPS) is 13.5. The molecule has 1 aromatic carbocycles. The third-order valence-electron chi connectivity index (χ3n) is 2.47. The molecule has 0 aliphatic rings. The Balaban J connectivity index is 2.49. The highest BCUT2D eigenvalue weighted by Crippen LogP contribution is 2.19. The molecule has 2 N–H and O–H groups in total. The summed E-state index contributed by atoms with van der Waals surface area (Å²) in [5, 5.41) is 13.3. The number of benzene rings is 1. The lowest BCUT2D eigenvalue weighted by Crippen LogP contribution is -2.30. The Kier molecular flexibility index (Phi) is 4.97. The highest BCUT2D eigenvalue weighted by atomic mass is 16.5. The zero-order valence-electron chi connectivity index (χ0n) is 11.2. The van der Waals surface area contributed by atoms with Crippen LogP contribution in [0.4, 0.5) is 0 Å². The van der Waals surface area contributed by atoms with E-state index in [1.165, 1.54) is 0 Å². The maximum absolute atomic E-state index is 10.0. The van der Waals surface area contributed by atoms with Crippen molar-refractivity contribution in [1.82, 2.24) is 5.32 Å². The van der Waals surface area contributed by atoms with Gasteiger partial charge in [-0.25, -0.2) is 0 Å². The number of aliphatic hydroxyl groups is 1. The summed E-state index contributed by atoms with van der Waals surface area (Å²) in [6, 6.07) is 7.54. The van der Waals surface area contributed by atoms with Gasteiger partial charge in [0.05, 0.1) is 13.2 Å². The summed E-state index contributed by atoms with van der Waals surface area (Å²) in [4.78, 5) is 0. The molecule has 0 aromatic heterocycles. The minimum absolute atomic E-state index is 0.230. The molecule has 0 saturated carbocycles. The van der Waals surface area contributed by atoms with Crippen LogP contribution in [0.2, 0.25) is 0 Å². The van der Waals surface area contributed by atoms with E-state index in [1.54, 1.807) is 7.11 Å². The second-order valence-corrected chi connectivity index (χ2v) is 5.48. The molecule has 1 rings (SSSR count). The van der Waals surface area contributed by atoms with Gasteiger partial charge in [0, 0.05) is 13.1 Å². The largest absolute Gasteiger partial charge is 0.497 e. The molecule has 0 aliphatic carbocycles. The summed E-state index contributed by atoms with van der Waals surface area (Å²) in [6.07, 6.45) is -0.493. The molecule has 3 nitrogen and oxygen atoms in total. The maximum Gasteiger partial charge on any atom is 0.119 e. The van der Waals surface area contributed by atoms with E-state index >= 15 is 0 Å². The summed E-state index contributed by atoms with van der Waals surface area (Å²) in [5.41, 5.74) is 1.11. The molecule has 0 radical (unpaired) electrons. The lowest BCUT2D eigenvalue weighted by Gasteiger charge is -2.20. The second kappa shape index (κ2) is 6.03. The van der Waals surface area contributed by atoms with Crippen molar-refractivity contribution >= 4 is 0 Å². The number of aliphatic hydroxyl groups excluding tert-OH is 1. The minimum atomic E-state index is -0.493. The molecule has 0 bridgehead atoms. The fourth-order valence-electron chi connectivity index (χ4n) is 1.55. The van der Waals surface area contributed by atoms with Gasteiger partial charge in [-0.3, -0.25) is 0 Å². The van der Waals surface area contributed by atoms with Crippen molar-refractivity contribution in [3.05, 3.63) is 29.8 Å². The van der Waals surface area contributed by atoms with Crippen LogP contribution >= 0.6 is 0 Å². The van der Waals surface area contributed by atoms with Crippen LogP contribution in [0, 0.1) is 5.41 Å². The van der Waals surface area contributed by atoms with Crippen molar-refractivity contribution in [3.63, 3.8) is 0 Å². The first-order chi connectivity index (χ1) is 7.92. The highest BCUT2D eigenvalue weighted by Gasteiger charge is 2.12. The first kappa shape index (κ1) is 14.0. The molecule has 0 aliphatic heterocycles. The van der Waals surface area contributed by atoms with Gasteiger partial charge in [-0.1, -0.05) is 32.9 Å². The highest BCUT2D eigenvalue weighted by molar-refractivity contribution is 5.29. The zero-order chi connectivity index (χ0) is 12.9. The molecule has 0 saturated heterocycles. The fraction of sp³-hybridized carbons (Fsp3) is 0.571. The van der Waals surface area contributed by atoms with Gasteiger partial charge in [0.25, 0.3) is 0 Å². The SMILES string of the molecule is COc1cccc(C(O)CNCC(C)(C)C)c1. The van der Waals surface area contributed by atoms with Crippen molar-refractivity contribution < 1.29 is 9.84 Å². The first-order valence-electron chi connectivity index (χ1n) is 5.95. The molecular weight excluding hydrogens is 214 g/mol. The molecular formula is C14H23NO2. The monoisotopic (exact) mass is 237 g/mol. The van der Waals surface area contributed by atoms with E-state index in [0.717, 1.165) is 17.9 Å². The Morgan fingerprint density at radius 2 is 2.06 bits per heavy atom. The third kappa shape index (κ3) is 5.20. The minimum Gasteiger partial charge on any atom is -0.497 e. The Hall–Kier alpha value is -1.06. The van der Waals surface area contributed by atoms with Crippen LogP contribution in [-0.4, -0.2) is 25.3 Å². The molecule has 17 heavy (non-hydrogen) atoms. The van der Waals surface area contributed by atoms with Crippen LogP contribution in [0.5, 0.6) is 5.75 Å². The Morgan fingerprint density at radius 1 is 1.35 bits per heavy atom. The van der Waals surface area contributed by atoms with Crippen LogP contribution < -0.4 is 10.1 Å². The van der Waals surface area contributed by atoms with Crippen LogP contribution in [0.25, 0.3) is 0 Å². The van der Waals surface area contributed by atoms with Gasteiger partial charge < -0.3 is 15.2 Å². The average Bonchev–Trinajstić information content (AvgIpc) is 2.27. The summed E-state index contributed by atoms with van der Waals surface area (Å²) in [6.45, 7) is 7.94. The predicted molar refractivity (Wildman–Crippen MR) is 70.3 cm³/mol. The summed E-state index contributed by atoms with van der Waals surface area (Å²) < 4.78 is 5.13. The van der Waals surface area contributed by atoms with E-state index in [1.807, 2.05) is 24.3 Å². The number of methoxy groups -OCH3 is 1. The van der Waals surface area contributed by atoms with E-state index in [2.05, 4.69) is 26.1 Å². The Labute approximate surface area is 104 Å². The van der Waals surface area contributed by atoms with Crippen molar-refractivity contribution in [3.8, 4) is 5.75 Å². The average molecular weight is 237 g/mol. The van der Waals surface area contributed by atoms with Gasteiger partial charge >= 0.3 is 0 Å². The smallest absolute Gasteiger partial charge is 0.119 e. The molecule has 1 atom stereocenters. The van der Waals surface area contributed by atoms with Gasteiger partial charge in [0.15, 0.2) is 0 Å². The molecule has 3 heteroatoms. The van der Waals surface area contributed by atoms with Crippen molar-refractivity contribution in [2.75, 3.05) is 20.2 Å². The molecule has 0 fully saturated rings. The van der Waals surface area contributed by atoms with E-state index in [9.17, 15) is 5.11 Å². The van der Waals surface area contributed by atoms with Gasteiger partial charge in [-0.15, -0.1) is 0 Å². The van der Waals surface area contributed by atoms with Crippen LogP contribution in [0.1, 0.15) is 32.4 Å². The number of hydrogen-bond donors (Lipinski definition) is 2. The van der Waals surface area contributed by atoms with Gasteiger partial charge in [-0.2, -0.15) is 0 Å². The number of hydrogen-bond acceptors (Lipinski definition) is 3. The second-order valence-electron chi connectivity index (χ2n) is 5.48. The lowest BCUT2D eigenvalue weighted by atomic mass is 9.97. The van der Waals surface area contributed by atoms with E-state index < -0.39 is 6.10 Å². The molecule has 0 spiro atoms. The zero-order valence-corrected chi connectivity index (χ0v) is 11.2. The van der Waals surface area contributed by atoms with E-state index in [4.69, 9.17) is 4.74 Å². The lowest BCUT2D eigenvalue weighted by molar-refractivity contribution is 0.169. The van der Waals surface area contributed by atoms with Gasteiger partial charge in [0.1, 0.15) is 5.75 Å². The fourth-order valence-corrected chi connectivity index (χ4v) is 1.55. The quantitative estimate of drug-likeness (QED) is 0.826. The van der Waals surface area contributed by atoms with Crippen molar-refractivity contribution in [2.45, 2.75) is 26.9 Å². The van der Waals surface area contributed by atoms with Gasteiger partial charge in [-0.05, 0) is 23.1 Å². The van der Waals surface area contributed by atoms with E-state index in [-0.39, 0.29) is 5.41 Å². The van der Waals surface area contributed by atoms with Crippen LogP contribution in [0.3, 0.4) is 0 Å². The summed E-state index contributed by atoms with van der Waals surface area (Å²) >= 11 is 0. The van der Waals surface area contributed by atoms with E-state index in [0.29, 0.717) is 6.54 Å². The molecule has 96 valence electrons. The van der Waals surface area contributed by atoms with Crippen LogP contribution in [-0.2, 0) is 0 Å². The third-order valence-corrected chi connectivity index (χ3v) is 2.47. The Morgan fingerprint density at radius 3 is 2.65 bits per heavy atom. The summed E-state index contributed by atoms with van der Waals surface area (Å²) in [5.74, 6) is 0.775. The first-order valence-corrected chi connectivity index (χ1v) is 5.95. The molecule has 1 unspecified atom stereocenters. The molecule has 0 amide bonds. The predicted octanol–water partition coefficient (Wildman–Crippen LogP) is 2.36. The number of nitrogens with one attached hydrogen (secondary N) is 1. The van der Waals surface area contributed by atoms with Crippen LogP contribution in [0.15, 0.2) is 24.3 Å². The summed E-state index contributed by atoms with van der Waals surface area (Å²) in [7, 11) is 1.63. The number of ether oxygens (including phenoxy) is 1. The van der Waals surface area contributed by atoms with Crippen molar-refractivity contribution in [2.24, 2.45) is 5.41 Å². The van der Waals surface area contributed by atoms with Gasteiger partial charge in [0.2, 0.25) is 0 Å². The maximum atomic E-state index is 10.0. The van der Waals surface area contributed by atoms with Crippen molar-refractivity contribution in [1.29, 1.82) is 0 Å². The molecule has 1 aromatic rings.